The average Bonchev–Trinajstić information content (AvgIpc) is 3.16. The van der Waals surface area contributed by atoms with Crippen molar-refractivity contribution in [1.82, 2.24) is 10.3 Å². The molecule has 1 aliphatic carbocycles. The standard InChI is InChI=1S/C18H20ClN3O4S/c1-26-16-8-7-14(10-15(16)18(23)21-13-4-2-3-5-13)27(24,25)22-17-9-6-12(19)11-20-17/h6-11,13H,2-5H2,1H3,(H,20,22)(H,21,23). The molecule has 0 spiro atoms. The van der Waals surface area contributed by atoms with Crippen LogP contribution in [-0.4, -0.2) is 32.5 Å². The second kappa shape index (κ2) is 8.14. The van der Waals surface area contributed by atoms with E-state index in [0.29, 0.717) is 10.8 Å². The number of nitrogens with one attached hydrogen (secondary N) is 2. The predicted octanol–water partition coefficient (Wildman–Crippen LogP) is 3.22. The van der Waals surface area contributed by atoms with E-state index in [1.807, 2.05) is 0 Å². The van der Waals surface area contributed by atoms with E-state index in [2.05, 4.69) is 15.0 Å². The van der Waals surface area contributed by atoms with E-state index in [1.54, 1.807) is 0 Å². The molecule has 1 aliphatic rings. The van der Waals surface area contributed by atoms with Gasteiger partial charge in [0.25, 0.3) is 15.9 Å². The van der Waals surface area contributed by atoms with Crippen molar-refractivity contribution in [2.24, 2.45) is 0 Å². The molecule has 144 valence electrons. The van der Waals surface area contributed by atoms with Gasteiger partial charge >= 0.3 is 0 Å². The normalized spacial score (nSPS) is 14.7. The van der Waals surface area contributed by atoms with Crippen molar-refractivity contribution in [2.45, 2.75) is 36.6 Å². The van der Waals surface area contributed by atoms with Crippen LogP contribution in [0.5, 0.6) is 5.75 Å². The number of hydrogen-bond donors (Lipinski definition) is 2. The first kappa shape index (κ1) is 19.4. The third kappa shape index (κ3) is 4.70. The van der Waals surface area contributed by atoms with Gasteiger partial charge in [-0.3, -0.25) is 9.52 Å². The van der Waals surface area contributed by atoms with E-state index in [4.69, 9.17) is 16.3 Å². The summed E-state index contributed by atoms with van der Waals surface area (Å²) in [6.07, 6.45) is 5.35. The molecular formula is C18H20ClN3O4S. The van der Waals surface area contributed by atoms with Gasteiger partial charge in [0.15, 0.2) is 0 Å². The molecule has 1 fully saturated rings. The maximum absolute atomic E-state index is 12.6. The minimum Gasteiger partial charge on any atom is -0.496 e. The molecule has 0 aliphatic heterocycles. The molecule has 0 atom stereocenters. The summed E-state index contributed by atoms with van der Waals surface area (Å²) in [4.78, 5) is 16.5. The number of benzene rings is 1. The van der Waals surface area contributed by atoms with Gasteiger partial charge in [-0.25, -0.2) is 13.4 Å². The highest BCUT2D eigenvalue weighted by molar-refractivity contribution is 7.92. The van der Waals surface area contributed by atoms with Gasteiger partial charge in [-0.05, 0) is 43.2 Å². The lowest BCUT2D eigenvalue weighted by Gasteiger charge is -2.15. The average molecular weight is 410 g/mol. The molecule has 0 unspecified atom stereocenters. The van der Waals surface area contributed by atoms with Gasteiger partial charge in [0.2, 0.25) is 0 Å². The Labute approximate surface area is 163 Å². The van der Waals surface area contributed by atoms with Crippen molar-refractivity contribution < 1.29 is 17.9 Å². The number of anilines is 1. The van der Waals surface area contributed by atoms with Gasteiger partial charge in [-0.2, -0.15) is 0 Å². The zero-order valence-corrected chi connectivity index (χ0v) is 16.3. The maximum Gasteiger partial charge on any atom is 0.263 e. The number of carbonyl (C=O) groups excluding carboxylic acids is 1. The van der Waals surface area contributed by atoms with E-state index in [-0.39, 0.29) is 28.2 Å². The molecule has 1 saturated carbocycles. The second-order valence-electron chi connectivity index (χ2n) is 6.28. The molecule has 27 heavy (non-hydrogen) atoms. The molecule has 1 amide bonds. The van der Waals surface area contributed by atoms with Crippen molar-refractivity contribution in [3.05, 3.63) is 47.1 Å². The number of nitrogens with zero attached hydrogens (tertiary/aromatic N) is 1. The number of sulfonamides is 1. The molecule has 3 rings (SSSR count). The molecular weight excluding hydrogens is 390 g/mol. The first-order valence-corrected chi connectivity index (χ1v) is 10.4. The summed E-state index contributed by atoms with van der Waals surface area (Å²) in [6, 6.07) is 7.25. The van der Waals surface area contributed by atoms with Crippen LogP contribution in [0.15, 0.2) is 41.4 Å². The molecule has 7 nitrogen and oxygen atoms in total. The van der Waals surface area contributed by atoms with Crippen LogP contribution >= 0.6 is 11.6 Å². The number of carbonyl (C=O) groups is 1. The van der Waals surface area contributed by atoms with E-state index < -0.39 is 10.0 Å². The summed E-state index contributed by atoms with van der Waals surface area (Å²) in [7, 11) is -2.49. The van der Waals surface area contributed by atoms with Crippen LogP contribution in [0.4, 0.5) is 5.82 Å². The third-order valence-corrected chi connectivity index (χ3v) is 5.96. The highest BCUT2D eigenvalue weighted by Crippen LogP contribution is 2.25. The van der Waals surface area contributed by atoms with Crippen molar-refractivity contribution >= 4 is 33.3 Å². The Bertz CT molecular complexity index is 926. The van der Waals surface area contributed by atoms with Crippen LogP contribution in [0.2, 0.25) is 5.02 Å². The fourth-order valence-electron chi connectivity index (χ4n) is 3.00. The minimum atomic E-state index is -3.93. The fourth-order valence-corrected chi connectivity index (χ4v) is 4.14. The van der Waals surface area contributed by atoms with Crippen LogP contribution in [0.1, 0.15) is 36.0 Å². The SMILES string of the molecule is COc1ccc(S(=O)(=O)Nc2ccc(Cl)cn2)cc1C(=O)NC1CCCC1. The van der Waals surface area contributed by atoms with E-state index in [9.17, 15) is 13.2 Å². The highest BCUT2D eigenvalue weighted by Gasteiger charge is 2.23. The number of methoxy groups -OCH3 is 1. The number of hydrogen-bond acceptors (Lipinski definition) is 5. The smallest absolute Gasteiger partial charge is 0.263 e. The minimum absolute atomic E-state index is 0.0587. The number of halogens is 1. The van der Waals surface area contributed by atoms with Crippen LogP contribution in [0.3, 0.4) is 0 Å². The van der Waals surface area contributed by atoms with Gasteiger partial charge in [0, 0.05) is 12.2 Å². The molecule has 0 bridgehead atoms. The summed E-state index contributed by atoms with van der Waals surface area (Å²) in [5, 5.41) is 3.34. The summed E-state index contributed by atoms with van der Waals surface area (Å²) in [5.41, 5.74) is 0.177. The van der Waals surface area contributed by atoms with E-state index in [0.717, 1.165) is 25.7 Å². The van der Waals surface area contributed by atoms with Crippen LogP contribution in [0, 0.1) is 0 Å². The molecule has 2 N–H and O–H groups in total. The number of aromatic nitrogens is 1. The lowest BCUT2D eigenvalue weighted by atomic mass is 10.1. The molecule has 1 heterocycles. The van der Waals surface area contributed by atoms with Gasteiger partial charge in [-0.15, -0.1) is 0 Å². The number of ether oxygens (including phenoxy) is 1. The first-order valence-electron chi connectivity index (χ1n) is 8.52. The Kier molecular flexibility index (Phi) is 5.86. The Morgan fingerprint density at radius 1 is 1.22 bits per heavy atom. The monoisotopic (exact) mass is 409 g/mol. The molecule has 1 aromatic heterocycles. The summed E-state index contributed by atoms with van der Waals surface area (Å²) in [5.74, 6) is 0.0988. The molecule has 0 radical (unpaired) electrons. The van der Waals surface area contributed by atoms with Gasteiger partial charge in [0.05, 0.1) is 22.6 Å². The number of amides is 1. The largest absolute Gasteiger partial charge is 0.496 e. The summed E-state index contributed by atoms with van der Waals surface area (Å²) < 4.78 is 32.9. The van der Waals surface area contributed by atoms with Crippen molar-refractivity contribution in [1.29, 1.82) is 0 Å². The van der Waals surface area contributed by atoms with Crippen LogP contribution in [0.25, 0.3) is 0 Å². The van der Waals surface area contributed by atoms with Crippen LogP contribution in [-0.2, 0) is 10.0 Å². The van der Waals surface area contributed by atoms with Crippen LogP contribution < -0.4 is 14.8 Å². The Balaban J connectivity index is 1.86. The fraction of sp³-hybridized carbons (Fsp3) is 0.333. The maximum atomic E-state index is 12.6. The predicted molar refractivity (Wildman–Crippen MR) is 103 cm³/mol. The molecule has 1 aromatic carbocycles. The lowest BCUT2D eigenvalue weighted by Crippen LogP contribution is -2.33. The van der Waals surface area contributed by atoms with E-state index in [1.165, 1.54) is 43.6 Å². The van der Waals surface area contributed by atoms with Crippen molar-refractivity contribution in [3.8, 4) is 5.75 Å². The summed E-state index contributed by atoms with van der Waals surface area (Å²) >= 11 is 5.76. The van der Waals surface area contributed by atoms with Gasteiger partial charge < -0.3 is 10.1 Å². The zero-order valence-electron chi connectivity index (χ0n) is 14.7. The molecule has 0 saturated heterocycles. The Hall–Kier alpha value is -2.32. The highest BCUT2D eigenvalue weighted by atomic mass is 35.5. The van der Waals surface area contributed by atoms with E-state index >= 15 is 0 Å². The zero-order chi connectivity index (χ0) is 19.4. The topological polar surface area (TPSA) is 97.4 Å². The van der Waals surface area contributed by atoms with Gasteiger partial charge in [-0.1, -0.05) is 24.4 Å². The Morgan fingerprint density at radius 3 is 2.59 bits per heavy atom. The lowest BCUT2D eigenvalue weighted by molar-refractivity contribution is 0.0934. The first-order chi connectivity index (χ1) is 12.9. The number of pyridine rings is 1. The quantitative estimate of drug-likeness (QED) is 0.763. The third-order valence-electron chi connectivity index (χ3n) is 4.38. The molecule has 2 aromatic rings. The summed E-state index contributed by atoms with van der Waals surface area (Å²) in [6.45, 7) is 0. The Morgan fingerprint density at radius 2 is 1.96 bits per heavy atom. The van der Waals surface area contributed by atoms with Crippen molar-refractivity contribution in [2.75, 3.05) is 11.8 Å². The second-order valence-corrected chi connectivity index (χ2v) is 8.40. The molecule has 9 heteroatoms. The van der Waals surface area contributed by atoms with Gasteiger partial charge in [0.1, 0.15) is 11.6 Å². The van der Waals surface area contributed by atoms with Crippen molar-refractivity contribution in [3.63, 3.8) is 0 Å². The number of rotatable bonds is 6.